The van der Waals surface area contributed by atoms with Crippen molar-refractivity contribution in [1.29, 1.82) is 0 Å². The second kappa shape index (κ2) is 5.43. The van der Waals surface area contributed by atoms with Crippen molar-refractivity contribution in [2.45, 2.75) is 13.8 Å². The molecule has 5 heteroatoms. The van der Waals surface area contributed by atoms with E-state index < -0.39 is 5.91 Å². The lowest BCUT2D eigenvalue weighted by Crippen LogP contribution is -2.38. The average Bonchev–Trinajstić information content (AvgIpc) is 2.28. The first-order valence-electron chi connectivity index (χ1n) is 5.29. The first kappa shape index (κ1) is 13.2. The van der Waals surface area contributed by atoms with Gasteiger partial charge in [-0.25, -0.2) is 4.39 Å². The van der Waals surface area contributed by atoms with Crippen LogP contribution in [-0.4, -0.2) is 29.8 Å². The Hall–Kier alpha value is -1.91. The first-order chi connectivity index (χ1) is 7.95. The van der Waals surface area contributed by atoms with Crippen LogP contribution in [0.3, 0.4) is 0 Å². The summed E-state index contributed by atoms with van der Waals surface area (Å²) >= 11 is 0. The molecule has 0 spiro atoms. The molecule has 0 atom stereocenters. The Morgan fingerprint density at radius 1 is 1.41 bits per heavy atom. The van der Waals surface area contributed by atoms with Gasteiger partial charge in [0, 0.05) is 12.1 Å². The van der Waals surface area contributed by atoms with Gasteiger partial charge < -0.3 is 10.6 Å². The smallest absolute Gasteiger partial charge is 0.254 e. The summed E-state index contributed by atoms with van der Waals surface area (Å²) in [6.45, 7) is 3.57. The molecule has 0 aliphatic carbocycles. The number of nitrogens with zero attached hydrogens (tertiary/aromatic N) is 1. The lowest BCUT2D eigenvalue weighted by Gasteiger charge is -2.19. The molecular formula is C12H15FN2O2. The van der Waals surface area contributed by atoms with E-state index in [4.69, 9.17) is 5.73 Å². The van der Waals surface area contributed by atoms with E-state index >= 15 is 0 Å². The van der Waals surface area contributed by atoms with Crippen molar-refractivity contribution in [3.05, 3.63) is 35.1 Å². The number of nitrogens with two attached hydrogens (primary N) is 1. The van der Waals surface area contributed by atoms with Gasteiger partial charge in [-0.3, -0.25) is 9.59 Å². The fourth-order valence-corrected chi connectivity index (χ4v) is 1.48. The zero-order valence-corrected chi connectivity index (χ0v) is 9.87. The SMILES string of the molecule is CCN(CC(N)=O)C(=O)c1ccc(F)c(C)c1. The van der Waals surface area contributed by atoms with E-state index in [1.165, 1.54) is 23.1 Å². The largest absolute Gasteiger partial charge is 0.368 e. The van der Waals surface area contributed by atoms with Gasteiger partial charge in [-0.05, 0) is 37.6 Å². The number of carbonyl (C=O) groups excluding carboxylic acids is 2. The van der Waals surface area contributed by atoms with Crippen LogP contribution in [-0.2, 0) is 4.79 Å². The van der Waals surface area contributed by atoms with Gasteiger partial charge in [0.25, 0.3) is 5.91 Å². The Labute approximate surface area is 99.2 Å². The van der Waals surface area contributed by atoms with Crippen LogP contribution in [0.2, 0.25) is 0 Å². The van der Waals surface area contributed by atoms with Crippen LogP contribution in [0.4, 0.5) is 4.39 Å². The molecule has 2 N–H and O–H groups in total. The summed E-state index contributed by atoms with van der Waals surface area (Å²) in [6.07, 6.45) is 0. The normalized spacial score (nSPS) is 10.1. The molecule has 17 heavy (non-hydrogen) atoms. The quantitative estimate of drug-likeness (QED) is 0.853. The summed E-state index contributed by atoms with van der Waals surface area (Å²) in [6, 6.07) is 4.09. The summed E-state index contributed by atoms with van der Waals surface area (Å²) < 4.78 is 13.1. The maximum Gasteiger partial charge on any atom is 0.254 e. The molecule has 0 fully saturated rings. The van der Waals surface area contributed by atoms with Crippen LogP contribution in [0.5, 0.6) is 0 Å². The molecule has 0 unspecified atom stereocenters. The lowest BCUT2D eigenvalue weighted by molar-refractivity contribution is -0.118. The van der Waals surface area contributed by atoms with E-state index in [1.54, 1.807) is 13.8 Å². The number of hydrogen-bond donors (Lipinski definition) is 1. The highest BCUT2D eigenvalue weighted by molar-refractivity contribution is 5.96. The van der Waals surface area contributed by atoms with E-state index in [2.05, 4.69) is 0 Å². The van der Waals surface area contributed by atoms with Crippen molar-refractivity contribution in [3.63, 3.8) is 0 Å². The number of benzene rings is 1. The third kappa shape index (κ3) is 3.27. The van der Waals surface area contributed by atoms with Crippen LogP contribution in [0.25, 0.3) is 0 Å². The van der Waals surface area contributed by atoms with Crippen LogP contribution < -0.4 is 5.73 Å². The second-order valence-electron chi connectivity index (χ2n) is 3.75. The maximum absolute atomic E-state index is 13.1. The third-order valence-electron chi connectivity index (χ3n) is 2.42. The number of carbonyl (C=O) groups is 2. The monoisotopic (exact) mass is 238 g/mol. The standard InChI is InChI=1S/C12H15FN2O2/c1-3-15(7-11(14)16)12(17)9-4-5-10(13)8(2)6-9/h4-6H,3,7H2,1-2H3,(H2,14,16). The van der Waals surface area contributed by atoms with Gasteiger partial charge in [-0.1, -0.05) is 0 Å². The van der Waals surface area contributed by atoms with Gasteiger partial charge in [0.2, 0.25) is 5.91 Å². The van der Waals surface area contributed by atoms with Crippen LogP contribution in [0.15, 0.2) is 18.2 Å². The first-order valence-corrected chi connectivity index (χ1v) is 5.29. The number of primary amides is 1. The van der Waals surface area contributed by atoms with Crippen LogP contribution in [0.1, 0.15) is 22.8 Å². The number of hydrogen-bond acceptors (Lipinski definition) is 2. The topological polar surface area (TPSA) is 63.4 Å². The van der Waals surface area contributed by atoms with Crippen molar-refractivity contribution in [1.82, 2.24) is 4.90 Å². The third-order valence-corrected chi connectivity index (χ3v) is 2.42. The van der Waals surface area contributed by atoms with E-state index in [1.807, 2.05) is 0 Å². The van der Waals surface area contributed by atoms with E-state index in [9.17, 15) is 14.0 Å². The molecule has 0 aliphatic heterocycles. The zero-order valence-electron chi connectivity index (χ0n) is 9.87. The summed E-state index contributed by atoms with van der Waals surface area (Å²) in [4.78, 5) is 24.1. The van der Waals surface area contributed by atoms with E-state index in [0.29, 0.717) is 17.7 Å². The van der Waals surface area contributed by atoms with Crippen molar-refractivity contribution >= 4 is 11.8 Å². The maximum atomic E-state index is 13.1. The summed E-state index contributed by atoms with van der Waals surface area (Å²) in [7, 11) is 0. The average molecular weight is 238 g/mol. The number of halogens is 1. The van der Waals surface area contributed by atoms with Crippen molar-refractivity contribution < 1.29 is 14.0 Å². The summed E-state index contributed by atoms with van der Waals surface area (Å²) in [5.41, 5.74) is 5.79. The van der Waals surface area contributed by atoms with Crippen LogP contribution in [0, 0.1) is 12.7 Å². The highest BCUT2D eigenvalue weighted by Gasteiger charge is 2.16. The summed E-state index contributed by atoms with van der Waals surface area (Å²) in [5.74, 6) is -1.26. The fraction of sp³-hybridized carbons (Fsp3) is 0.333. The lowest BCUT2D eigenvalue weighted by atomic mass is 10.1. The highest BCUT2D eigenvalue weighted by atomic mass is 19.1. The molecule has 0 heterocycles. The molecule has 4 nitrogen and oxygen atoms in total. The molecule has 0 aromatic heterocycles. The molecule has 92 valence electrons. The van der Waals surface area contributed by atoms with Gasteiger partial charge in [-0.2, -0.15) is 0 Å². The Morgan fingerprint density at radius 2 is 2.06 bits per heavy atom. The van der Waals surface area contributed by atoms with Gasteiger partial charge in [-0.15, -0.1) is 0 Å². The Kier molecular flexibility index (Phi) is 4.20. The molecule has 0 bridgehead atoms. The predicted molar refractivity (Wildman–Crippen MR) is 61.9 cm³/mol. The molecule has 0 saturated heterocycles. The van der Waals surface area contributed by atoms with Gasteiger partial charge >= 0.3 is 0 Å². The Bertz CT molecular complexity index is 446. The fourth-order valence-electron chi connectivity index (χ4n) is 1.48. The number of aryl methyl sites for hydroxylation is 1. The molecule has 0 radical (unpaired) electrons. The molecule has 0 aliphatic rings. The molecular weight excluding hydrogens is 223 g/mol. The molecule has 2 amide bonds. The number of likely N-dealkylation sites (N-methyl/N-ethyl adjacent to an activating group) is 1. The van der Waals surface area contributed by atoms with Crippen molar-refractivity contribution in [2.24, 2.45) is 5.73 Å². The molecule has 1 aromatic rings. The predicted octanol–water partition coefficient (Wildman–Crippen LogP) is 1.08. The van der Waals surface area contributed by atoms with E-state index in [-0.39, 0.29) is 18.3 Å². The molecule has 1 aromatic carbocycles. The van der Waals surface area contributed by atoms with E-state index in [0.717, 1.165) is 0 Å². The molecule has 0 saturated carbocycles. The summed E-state index contributed by atoms with van der Waals surface area (Å²) in [5, 5.41) is 0. The number of amides is 2. The molecule has 1 rings (SSSR count). The Balaban J connectivity index is 2.93. The minimum absolute atomic E-state index is 0.133. The van der Waals surface area contributed by atoms with Gasteiger partial charge in [0.15, 0.2) is 0 Å². The Morgan fingerprint density at radius 3 is 2.53 bits per heavy atom. The second-order valence-corrected chi connectivity index (χ2v) is 3.75. The van der Waals surface area contributed by atoms with Gasteiger partial charge in [0.05, 0.1) is 6.54 Å². The van der Waals surface area contributed by atoms with Gasteiger partial charge in [0.1, 0.15) is 5.82 Å². The zero-order chi connectivity index (χ0) is 13.0. The number of rotatable bonds is 4. The van der Waals surface area contributed by atoms with Crippen molar-refractivity contribution in [3.8, 4) is 0 Å². The van der Waals surface area contributed by atoms with Crippen molar-refractivity contribution in [2.75, 3.05) is 13.1 Å². The highest BCUT2D eigenvalue weighted by Crippen LogP contribution is 2.11. The van der Waals surface area contributed by atoms with Crippen LogP contribution >= 0.6 is 0 Å². The minimum Gasteiger partial charge on any atom is -0.368 e. The minimum atomic E-state index is -0.570.